The van der Waals surface area contributed by atoms with Crippen molar-refractivity contribution in [1.82, 2.24) is 25.1 Å². The van der Waals surface area contributed by atoms with Crippen LogP contribution in [0.1, 0.15) is 52.0 Å². The molecule has 26 heavy (non-hydrogen) atoms. The zero-order valence-electron chi connectivity index (χ0n) is 16.5. The lowest BCUT2D eigenvalue weighted by atomic mass is 9.85. The first-order chi connectivity index (χ1) is 11.9. The maximum absolute atomic E-state index is 6.31. The molecule has 5 nitrogen and oxygen atoms in total. The predicted molar refractivity (Wildman–Crippen MR) is 109 cm³/mol. The smallest absolute Gasteiger partial charge is 0.171 e. The quantitative estimate of drug-likeness (QED) is 0.707. The molecule has 0 saturated carbocycles. The number of halogens is 2. The van der Waals surface area contributed by atoms with E-state index in [1.54, 1.807) is 6.07 Å². The largest absolute Gasteiger partial charge is 0.297 e. The molecule has 0 aliphatic carbocycles. The summed E-state index contributed by atoms with van der Waals surface area (Å²) in [7, 11) is 4.04. The van der Waals surface area contributed by atoms with Crippen molar-refractivity contribution in [2.24, 2.45) is 5.41 Å². The van der Waals surface area contributed by atoms with Gasteiger partial charge in [-0.2, -0.15) is 0 Å². The van der Waals surface area contributed by atoms with Crippen LogP contribution in [-0.2, 0) is 5.54 Å². The molecule has 0 N–H and O–H groups in total. The van der Waals surface area contributed by atoms with Crippen LogP contribution in [0.3, 0.4) is 0 Å². The maximum Gasteiger partial charge on any atom is 0.171 e. The zero-order chi connectivity index (χ0) is 19.7. The van der Waals surface area contributed by atoms with E-state index in [1.165, 1.54) is 0 Å². The van der Waals surface area contributed by atoms with Gasteiger partial charge in [-0.15, -0.1) is 5.10 Å². The standard InChI is InChI=1S/C19H27Cl2N5/c1-18(2,3)16(11-9-13-8-10-14(20)12-15(13)21)26-17(22-23-24-26)19(4,5)25(6)7/h8-12,16H,1-7H3/b11-9+. The van der Waals surface area contributed by atoms with Gasteiger partial charge in [0.1, 0.15) is 0 Å². The molecule has 0 bridgehead atoms. The third-order valence-corrected chi connectivity index (χ3v) is 5.29. The molecule has 1 aromatic heterocycles. The molecule has 0 radical (unpaired) electrons. The first-order valence-corrected chi connectivity index (χ1v) is 9.29. The molecule has 0 fully saturated rings. The molecule has 0 aliphatic heterocycles. The van der Waals surface area contributed by atoms with E-state index in [4.69, 9.17) is 23.2 Å². The first kappa shape index (κ1) is 20.9. The molecule has 0 saturated heterocycles. The molecule has 1 atom stereocenters. The molecule has 1 unspecified atom stereocenters. The molecule has 0 spiro atoms. The molecule has 1 aromatic carbocycles. The topological polar surface area (TPSA) is 46.8 Å². The lowest BCUT2D eigenvalue weighted by molar-refractivity contribution is 0.163. The minimum atomic E-state index is -0.307. The average molecular weight is 396 g/mol. The van der Waals surface area contributed by atoms with Gasteiger partial charge in [-0.3, -0.25) is 4.90 Å². The van der Waals surface area contributed by atoms with Crippen molar-refractivity contribution in [1.29, 1.82) is 0 Å². The summed E-state index contributed by atoms with van der Waals surface area (Å²) in [6.45, 7) is 10.7. The summed E-state index contributed by atoms with van der Waals surface area (Å²) in [6.07, 6.45) is 4.10. The Kier molecular flexibility index (Phi) is 6.16. The highest BCUT2D eigenvalue weighted by Gasteiger charge is 2.35. The number of nitrogens with zero attached hydrogens (tertiary/aromatic N) is 5. The van der Waals surface area contributed by atoms with Crippen LogP contribution in [0.2, 0.25) is 10.0 Å². The number of hydrogen-bond donors (Lipinski definition) is 0. The van der Waals surface area contributed by atoms with Crippen molar-refractivity contribution < 1.29 is 0 Å². The summed E-state index contributed by atoms with van der Waals surface area (Å²) < 4.78 is 1.90. The van der Waals surface area contributed by atoms with E-state index < -0.39 is 0 Å². The first-order valence-electron chi connectivity index (χ1n) is 8.53. The van der Waals surface area contributed by atoms with Crippen LogP contribution < -0.4 is 0 Å². The minimum absolute atomic E-state index is 0.0431. The molecular weight excluding hydrogens is 369 g/mol. The maximum atomic E-state index is 6.31. The third kappa shape index (κ3) is 4.45. The van der Waals surface area contributed by atoms with Gasteiger partial charge in [0.2, 0.25) is 0 Å². The highest BCUT2D eigenvalue weighted by molar-refractivity contribution is 6.35. The Labute approximate surface area is 166 Å². The summed E-state index contributed by atoms with van der Waals surface area (Å²) >= 11 is 12.3. The van der Waals surface area contributed by atoms with E-state index in [0.29, 0.717) is 10.0 Å². The van der Waals surface area contributed by atoms with Gasteiger partial charge in [0, 0.05) is 10.0 Å². The van der Waals surface area contributed by atoms with E-state index in [2.05, 4.69) is 61.1 Å². The minimum Gasteiger partial charge on any atom is -0.297 e. The molecule has 2 rings (SSSR count). The molecular formula is C19H27Cl2N5. The van der Waals surface area contributed by atoms with Crippen LogP contribution in [0.4, 0.5) is 0 Å². The van der Waals surface area contributed by atoms with Gasteiger partial charge >= 0.3 is 0 Å². The molecule has 0 amide bonds. The Balaban J connectivity index is 2.48. The molecule has 142 valence electrons. The average Bonchev–Trinajstić information content (AvgIpc) is 2.97. The number of tetrazole rings is 1. The fourth-order valence-corrected chi connectivity index (χ4v) is 3.02. The van der Waals surface area contributed by atoms with Gasteiger partial charge in [-0.05, 0) is 61.5 Å². The van der Waals surface area contributed by atoms with Crippen molar-refractivity contribution in [3.05, 3.63) is 45.7 Å². The lowest BCUT2D eigenvalue weighted by Gasteiger charge is -2.35. The fourth-order valence-electron chi connectivity index (χ4n) is 2.55. The van der Waals surface area contributed by atoms with Crippen LogP contribution in [0.15, 0.2) is 24.3 Å². The molecule has 7 heteroatoms. The summed E-state index contributed by atoms with van der Waals surface area (Å²) in [5.74, 6) is 0.814. The SMILES string of the molecule is CN(C)C(C)(C)c1nnnn1C(/C=C/c1ccc(Cl)cc1Cl)C(C)(C)C. The van der Waals surface area contributed by atoms with E-state index in [0.717, 1.165) is 11.4 Å². The number of hydrogen-bond acceptors (Lipinski definition) is 4. The summed E-state index contributed by atoms with van der Waals surface area (Å²) in [5, 5.41) is 13.8. The molecule has 0 aliphatic rings. The van der Waals surface area contributed by atoms with Crippen molar-refractivity contribution in [2.75, 3.05) is 14.1 Å². The highest BCUT2D eigenvalue weighted by Crippen LogP contribution is 2.35. The van der Waals surface area contributed by atoms with E-state index >= 15 is 0 Å². The second kappa shape index (κ2) is 7.67. The summed E-state index contributed by atoms with van der Waals surface area (Å²) in [5.41, 5.74) is 0.507. The van der Waals surface area contributed by atoms with Crippen LogP contribution in [0.5, 0.6) is 0 Å². The highest BCUT2D eigenvalue weighted by atomic mass is 35.5. The predicted octanol–water partition coefficient (Wildman–Crippen LogP) is 5.08. The Bertz CT molecular complexity index is 787. The van der Waals surface area contributed by atoms with Crippen molar-refractivity contribution in [2.45, 2.75) is 46.2 Å². The van der Waals surface area contributed by atoms with Crippen LogP contribution >= 0.6 is 23.2 Å². The Hall–Kier alpha value is -1.43. The summed E-state index contributed by atoms with van der Waals surface area (Å²) in [6, 6.07) is 5.44. The zero-order valence-corrected chi connectivity index (χ0v) is 18.0. The van der Waals surface area contributed by atoms with Gasteiger partial charge in [0.05, 0.1) is 11.6 Å². The lowest BCUT2D eigenvalue weighted by Crippen LogP contribution is -2.40. The summed E-state index contributed by atoms with van der Waals surface area (Å²) in [4.78, 5) is 2.11. The van der Waals surface area contributed by atoms with Crippen molar-refractivity contribution in [3.8, 4) is 0 Å². The van der Waals surface area contributed by atoms with Crippen LogP contribution in [0.25, 0.3) is 6.08 Å². The Morgan fingerprint density at radius 2 is 1.77 bits per heavy atom. The van der Waals surface area contributed by atoms with Crippen LogP contribution in [-0.4, -0.2) is 39.2 Å². The van der Waals surface area contributed by atoms with Gasteiger partial charge < -0.3 is 0 Å². The monoisotopic (exact) mass is 395 g/mol. The number of benzene rings is 1. The van der Waals surface area contributed by atoms with Gasteiger partial charge in [0.15, 0.2) is 5.82 Å². The van der Waals surface area contributed by atoms with Gasteiger partial charge in [-0.1, -0.05) is 62.2 Å². The van der Waals surface area contributed by atoms with E-state index in [-0.39, 0.29) is 17.0 Å². The molecule has 2 aromatic rings. The van der Waals surface area contributed by atoms with E-state index in [9.17, 15) is 0 Å². The van der Waals surface area contributed by atoms with Crippen molar-refractivity contribution in [3.63, 3.8) is 0 Å². The Morgan fingerprint density at radius 1 is 1.12 bits per heavy atom. The van der Waals surface area contributed by atoms with Crippen LogP contribution in [0, 0.1) is 5.41 Å². The normalized spacial score (nSPS) is 14.4. The van der Waals surface area contributed by atoms with Crippen molar-refractivity contribution >= 4 is 29.3 Å². The molecule has 1 heterocycles. The fraction of sp³-hybridized carbons (Fsp3) is 0.526. The van der Waals surface area contributed by atoms with Gasteiger partial charge in [0.25, 0.3) is 0 Å². The number of rotatable bonds is 5. The second-order valence-corrected chi connectivity index (χ2v) is 9.08. The Morgan fingerprint density at radius 3 is 2.31 bits per heavy atom. The third-order valence-electron chi connectivity index (χ3n) is 4.73. The van der Waals surface area contributed by atoms with E-state index in [1.807, 2.05) is 37.0 Å². The number of allylic oxidation sites excluding steroid dienone is 1. The van der Waals surface area contributed by atoms with Gasteiger partial charge in [-0.25, -0.2) is 4.68 Å². The number of aromatic nitrogens is 4. The second-order valence-electron chi connectivity index (χ2n) is 8.24.